The van der Waals surface area contributed by atoms with E-state index in [1.165, 1.54) is 0 Å². The van der Waals surface area contributed by atoms with Crippen LogP contribution in [-0.4, -0.2) is 41.7 Å². The molecule has 0 saturated heterocycles. The maximum Gasteiger partial charge on any atom is 0.683 e. The smallest absolute Gasteiger partial charge is 0.351 e. The predicted molar refractivity (Wildman–Crippen MR) is 81.7 cm³/mol. The minimum atomic E-state index is -3.04. The Morgan fingerprint density at radius 1 is 0.944 bits per heavy atom. The van der Waals surface area contributed by atoms with Crippen molar-refractivity contribution in [3.63, 3.8) is 0 Å². The van der Waals surface area contributed by atoms with Crippen molar-refractivity contribution in [2.75, 3.05) is 32.6 Å². The molecule has 110 valence electrons. The topological polar surface area (TPSA) is 36.9 Å². The molecule has 0 heterocycles. The standard InChI is InChI=1S/C11H27O4PSSi/c1-6-10-11-16(5,17)15-18(12-7-2,13-8-3)14-9-4/h6-11H2,1-5H3. The van der Waals surface area contributed by atoms with Crippen molar-refractivity contribution >= 4 is 27.1 Å². The molecule has 0 rings (SSSR count). The predicted octanol–water partition coefficient (Wildman–Crippen LogP) is 3.37. The highest BCUT2D eigenvalue weighted by atomic mass is 32.4. The molecule has 0 aromatic rings. The Bertz CT molecular complexity index is 248. The second-order valence-corrected chi connectivity index (χ2v) is 11.4. The molecule has 0 amide bonds. The Labute approximate surface area is 118 Å². The van der Waals surface area contributed by atoms with Crippen LogP contribution in [0.25, 0.3) is 0 Å². The van der Waals surface area contributed by atoms with Crippen molar-refractivity contribution in [3.05, 3.63) is 0 Å². The van der Waals surface area contributed by atoms with Gasteiger partial charge < -0.3 is 17.5 Å². The Hall–Kier alpha value is 0.707. The van der Waals surface area contributed by atoms with Gasteiger partial charge in [-0.2, -0.15) is 0 Å². The molecule has 0 aromatic heterocycles. The Morgan fingerprint density at radius 3 is 1.72 bits per heavy atom. The lowest BCUT2D eigenvalue weighted by atomic mass is 10.4. The molecule has 0 radical (unpaired) electrons. The van der Waals surface area contributed by atoms with Crippen LogP contribution >= 0.6 is 6.26 Å². The van der Waals surface area contributed by atoms with Gasteiger partial charge in [0.05, 0.1) is 6.26 Å². The van der Waals surface area contributed by atoms with Crippen LogP contribution in [0.3, 0.4) is 0 Å². The van der Waals surface area contributed by atoms with Crippen LogP contribution in [0.2, 0.25) is 0 Å². The summed E-state index contributed by atoms with van der Waals surface area (Å²) in [4.78, 5) is 0. The van der Waals surface area contributed by atoms with Gasteiger partial charge in [-0.05, 0) is 40.0 Å². The van der Waals surface area contributed by atoms with E-state index in [2.05, 4.69) is 6.92 Å². The molecule has 7 heteroatoms. The van der Waals surface area contributed by atoms with Gasteiger partial charge in [0.25, 0.3) is 0 Å². The summed E-state index contributed by atoms with van der Waals surface area (Å²) in [6.45, 7) is 11.4. The van der Waals surface area contributed by atoms with Crippen molar-refractivity contribution in [1.82, 2.24) is 0 Å². The zero-order valence-electron chi connectivity index (χ0n) is 12.2. The van der Waals surface area contributed by atoms with Crippen molar-refractivity contribution < 1.29 is 17.5 Å². The molecule has 0 aliphatic rings. The van der Waals surface area contributed by atoms with E-state index in [0.29, 0.717) is 19.8 Å². The molecular formula is C11H27O4PSSi. The Balaban J connectivity index is 4.77. The second-order valence-electron chi connectivity index (χ2n) is 3.98. The summed E-state index contributed by atoms with van der Waals surface area (Å²) in [5.41, 5.74) is 0. The SMILES string of the molecule is CCCCP(C)(=S)O[Si](OCC)(OCC)OCC. The molecule has 0 aliphatic heterocycles. The Morgan fingerprint density at radius 2 is 1.39 bits per heavy atom. The normalized spacial score (nSPS) is 15.6. The lowest BCUT2D eigenvalue weighted by Crippen LogP contribution is -2.48. The summed E-state index contributed by atoms with van der Waals surface area (Å²) in [6, 6.07) is 0. The highest BCUT2D eigenvalue weighted by Gasteiger charge is 2.47. The lowest BCUT2D eigenvalue weighted by molar-refractivity contribution is 0.0132. The maximum absolute atomic E-state index is 6.05. The van der Waals surface area contributed by atoms with Gasteiger partial charge in [-0.25, -0.2) is 0 Å². The summed E-state index contributed by atoms with van der Waals surface area (Å²) in [5, 5.41) is 0. The van der Waals surface area contributed by atoms with Crippen LogP contribution in [0.5, 0.6) is 0 Å². The molecule has 0 saturated carbocycles. The van der Waals surface area contributed by atoms with Gasteiger partial charge in [0, 0.05) is 19.8 Å². The molecule has 0 N–H and O–H groups in total. The zero-order chi connectivity index (χ0) is 14.1. The van der Waals surface area contributed by atoms with Gasteiger partial charge in [-0.3, -0.25) is 0 Å². The minimum absolute atomic E-state index is 0.509. The van der Waals surface area contributed by atoms with Crippen LogP contribution in [0.1, 0.15) is 40.5 Å². The average Bonchev–Trinajstić information content (AvgIpc) is 2.27. The van der Waals surface area contributed by atoms with E-state index in [0.717, 1.165) is 19.0 Å². The van der Waals surface area contributed by atoms with E-state index in [1.54, 1.807) is 0 Å². The van der Waals surface area contributed by atoms with Crippen LogP contribution in [0, 0.1) is 0 Å². The highest BCUT2D eigenvalue weighted by molar-refractivity contribution is 8.12. The summed E-state index contributed by atoms with van der Waals surface area (Å²) in [7, 11) is -3.04. The number of rotatable bonds is 11. The molecule has 0 bridgehead atoms. The van der Waals surface area contributed by atoms with E-state index >= 15 is 0 Å². The third-order valence-electron chi connectivity index (χ3n) is 2.19. The fraction of sp³-hybridized carbons (Fsp3) is 1.00. The van der Waals surface area contributed by atoms with Gasteiger partial charge >= 0.3 is 9.05 Å². The van der Waals surface area contributed by atoms with Crippen molar-refractivity contribution in [1.29, 1.82) is 0 Å². The first-order valence-electron chi connectivity index (χ1n) is 6.64. The average molecular weight is 314 g/mol. The molecular weight excluding hydrogens is 287 g/mol. The lowest BCUT2D eigenvalue weighted by Gasteiger charge is -2.31. The molecule has 18 heavy (non-hydrogen) atoms. The van der Waals surface area contributed by atoms with E-state index in [-0.39, 0.29) is 0 Å². The van der Waals surface area contributed by atoms with Crippen molar-refractivity contribution in [2.24, 2.45) is 0 Å². The van der Waals surface area contributed by atoms with Gasteiger partial charge in [0.1, 0.15) is 0 Å². The van der Waals surface area contributed by atoms with Gasteiger partial charge in [-0.15, -0.1) is 0 Å². The van der Waals surface area contributed by atoms with E-state index < -0.39 is 15.3 Å². The fourth-order valence-corrected chi connectivity index (χ4v) is 7.76. The molecule has 1 unspecified atom stereocenters. The summed E-state index contributed by atoms with van der Waals surface area (Å²) in [6.07, 6.45) is 1.19. The fourth-order valence-electron chi connectivity index (χ4n) is 1.46. The summed E-state index contributed by atoms with van der Waals surface area (Å²) < 4.78 is 23.0. The number of hydrogen-bond donors (Lipinski definition) is 0. The molecule has 4 nitrogen and oxygen atoms in total. The van der Waals surface area contributed by atoms with Crippen molar-refractivity contribution in [2.45, 2.75) is 40.5 Å². The Kier molecular flexibility index (Phi) is 9.96. The maximum atomic E-state index is 6.05. The van der Waals surface area contributed by atoms with Crippen LogP contribution in [0.4, 0.5) is 0 Å². The summed E-state index contributed by atoms with van der Waals surface area (Å²) >= 11 is 5.58. The molecule has 0 spiro atoms. The van der Waals surface area contributed by atoms with Crippen LogP contribution in [-0.2, 0) is 29.3 Å². The monoisotopic (exact) mass is 314 g/mol. The van der Waals surface area contributed by atoms with Crippen LogP contribution < -0.4 is 0 Å². The van der Waals surface area contributed by atoms with E-state index in [9.17, 15) is 0 Å². The van der Waals surface area contributed by atoms with Crippen molar-refractivity contribution in [3.8, 4) is 0 Å². The molecule has 1 atom stereocenters. The zero-order valence-corrected chi connectivity index (χ0v) is 14.9. The third-order valence-corrected chi connectivity index (χ3v) is 8.90. The largest absolute Gasteiger partial charge is 0.683 e. The first-order valence-corrected chi connectivity index (χ1v) is 11.6. The first-order chi connectivity index (χ1) is 8.45. The molecule has 0 aliphatic carbocycles. The highest BCUT2D eigenvalue weighted by Crippen LogP contribution is 2.47. The number of hydrogen-bond acceptors (Lipinski definition) is 5. The van der Waals surface area contributed by atoms with Gasteiger partial charge in [0.2, 0.25) is 0 Å². The van der Waals surface area contributed by atoms with Crippen LogP contribution in [0.15, 0.2) is 0 Å². The van der Waals surface area contributed by atoms with Gasteiger partial charge in [0.15, 0.2) is 0 Å². The van der Waals surface area contributed by atoms with Gasteiger partial charge in [-0.1, -0.05) is 25.2 Å². The van der Waals surface area contributed by atoms with E-state index in [4.69, 9.17) is 29.3 Å². The molecule has 0 fully saturated rings. The first kappa shape index (κ1) is 18.7. The minimum Gasteiger partial charge on any atom is -0.351 e. The number of unbranched alkanes of at least 4 members (excludes halogenated alkanes) is 1. The van der Waals surface area contributed by atoms with E-state index in [1.807, 2.05) is 27.4 Å². The quantitative estimate of drug-likeness (QED) is 0.432. The second kappa shape index (κ2) is 9.59. The third kappa shape index (κ3) is 7.33. The summed E-state index contributed by atoms with van der Waals surface area (Å²) in [5.74, 6) is 0. The molecule has 0 aromatic carbocycles.